The average Bonchev–Trinajstić information content (AvgIpc) is 2.70. The smallest absolute Gasteiger partial charge is 0.396 e. The molecule has 3 N–H and O–H groups in total. The summed E-state index contributed by atoms with van der Waals surface area (Å²) < 4.78 is 40.0. The highest BCUT2D eigenvalue weighted by atomic mass is 35.5. The quantitative estimate of drug-likeness (QED) is 0.894. The summed E-state index contributed by atoms with van der Waals surface area (Å²) in [6.07, 6.45) is -3.41. The number of nitrogens with zero attached hydrogens (tertiary/aromatic N) is 2. The lowest BCUT2D eigenvalue weighted by Gasteiger charge is -2.14. The Labute approximate surface area is 122 Å². The molecule has 1 aromatic carbocycles. The van der Waals surface area contributed by atoms with E-state index in [0.29, 0.717) is 0 Å². The van der Waals surface area contributed by atoms with Gasteiger partial charge in [-0.1, -0.05) is 11.6 Å². The summed E-state index contributed by atoms with van der Waals surface area (Å²) in [6, 6.07) is 3.07. The zero-order valence-corrected chi connectivity index (χ0v) is 11.5. The molecule has 1 amide bonds. The number of carbonyl (C=O) groups is 1. The van der Waals surface area contributed by atoms with Crippen molar-refractivity contribution in [3.63, 3.8) is 0 Å². The minimum atomic E-state index is -4.65. The number of anilines is 2. The molecule has 0 saturated carbocycles. The molecule has 112 valence electrons. The van der Waals surface area contributed by atoms with Crippen LogP contribution in [0.4, 0.5) is 24.5 Å². The number of rotatable bonds is 2. The van der Waals surface area contributed by atoms with Crippen LogP contribution >= 0.6 is 11.6 Å². The molecule has 0 aliphatic carbocycles. The predicted molar refractivity (Wildman–Crippen MR) is 72.0 cm³/mol. The van der Waals surface area contributed by atoms with Gasteiger partial charge in [0.05, 0.1) is 23.1 Å². The van der Waals surface area contributed by atoms with Crippen LogP contribution in [0.3, 0.4) is 0 Å². The Kier molecular flexibility index (Phi) is 3.82. The maximum atomic E-state index is 12.9. The van der Waals surface area contributed by atoms with Crippen molar-refractivity contribution in [1.82, 2.24) is 9.78 Å². The SMILES string of the molecule is Cn1ncc(N)c1C(=O)Nc1ccc(Cl)cc1C(F)(F)F. The molecule has 1 aromatic heterocycles. The first kappa shape index (κ1) is 15.2. The van der Waals surface area contributed by atoms with Crippen LogP contribution in [-0.4, -0.2) is 15.7 Å². The first-order chi connectivity index (χ1) is 9.70. The van der Waals surface area contributed by atoms with Gasteiger partial charge in [0, 0.05) is 12.1 Å². The summed E-state index contributed by atoms with van der Waals surface area (Å²) in [5.74, 6) is -0.791. The van der Waals surface area contributed by atoms with Gasteiger partial charge in [0.2, 0.25) is 0 Å². The second-order valence-corrected chi connectivity index (χ2v) is 4.65. The molecule has 2 rings (SSSR count). The number of carbonyl (C=O) groups excluding carboxylic acids is 1. The molecule has 0 aliphatic heterocycles. The van der Waals surface area contributed by atoms with Gasteiger partial charge >= 0.3 is 6.18 Å². The van der Waals surface area contributed by atoms with Gasteiger partial charge in [0.25, 0.3) is 5.91 Å². The van der Waals surface area contributed by atoms with Crippen molar-refractivity contribution in [1.29, 1.82) is 0 Å². The Bertz CT molecular complexity index is 677. The van der Waals surface area contributed by atoms with E-state index in [1.165, 1.54) is 24.0 Å². The van der Waals surface area contributed by atoms with Gasteiger partial charge in [-0.2, -0.15) is 18.3 Å². The summed E-state index contributed by atoms with van der Waals surface area (Å²) in [4.78, 5) is 12.0. The van der Waals surface area contributed by atoms with Gasteiger partial charge in [-0.15, -0.1) is 0 Å². The van der Waals surface area contributed by atoms with Crippen molar-refractivity contribution >= 4 is 28.9 Å². The van der Waals surface area contributed by atoms with E-state index in [9.17, 15) is 18.0 Å². The largest absolute Gasteiger partial charge is 0.418 e. The summed E-state index contributed by atoms with van der Waals surface area (Å²) in [5.41, 5.74) is 4.15. The third kappa shape index (κ3) is 3.10. The van der Waals surface area contributed by atoms with Crippen LogP contribution in [0.15, 0.2) is 24.4 Å². The van der Waals surface area contributed by atoms with Crippen molar-refractivity contribution in [2.75, 3.05) is 11.1 Å². The van der Waals surface area contributed by atoms with E-state index in [-0.39, 0.29) is 16.4 Å². The number of nitrogen functional groups attached to an aromatic ring is 1. The van der Waals surface area contributed by atoms with Gasteiger partial charge in [0.1, 0.15) is 5.69 Å². The number of alkyl halides is 3. The molecule has 0 atom stereocenters. The van der Waals surface area contributed by atoms with Crippen molar-refractivity contribution in [3.8, 4) is 0 Å². The fourth-order valence-corrected chi connectivity index (χ4v) is 1.95. The summed E-state index contributed by atoms with van der Waals surface area (Å²) in [6.45, 7) is 0. The lowest BCUT2D eigenvalue weighted by Crippen LogP contribution is -2.20. The molecular formula is C12H10ClF3N4O. The first-order valence-electron chi connectivity index (χ1n) is 5.65. The Balaban J connectivity index is 2.39. The molecular weight excluding hydrogens is 309 g/mol. The molecule has 21 heavy (non-hydrogen) atoms. The number of halogens is 4. The third-order valence-electron chi connectivity index (χ3n) is 2.72. The standard InChI is InChI=1S/C12H10ClF3N4O/c1-20-10(8(17)5-18-20)11(21)19-9-3-2-6(13)4-7(9)12(14,15)16/h2-5H,17H2,1H3,(H,19,21). The van der Waals surface area contributed by atoms with Gasteiger partial charge in [-0.3, -0.25) is 9.48 Å². The van der Waals surface area contributed by atoms with E-state index < -0.39 is 23.3 Å². The molecule has 0 spiro atoms. The molecule has 0 unspecified atom stereocenters. The van der Waals surface area contributed by atoms with Crippen LogP contribution in [0.1, 0.15) is 16.1 Å². The maximum absolute atomic E-state index is 12.9. The normalized spacial score (nSPS) is 11.5. The molecule has 0 bridgehead atoms. The number of benzene rings is 1. The van der Waals surface area contributed by atoms with Crippen molar-refractivity contribution in [2.24, 2.45) is 7.05 Å². The zero-order valence-electron chi connectivity index (χ0n) is 10.7. The number of hydrogen-bond acceptors (Lipinski definition) is 3. The monoisotopic (exact) mass is 318 g/mol. The summed E-state index contributed by atoms with van der Waals surface area (Å²) in [5, 5.41) is 5.84. The van der Waals surface area contributed by atoms with E-state index in [1.807, 2.05) is 0 Å². The predicted octanol–water partition coefficient (Wildman–Crippen LogP) is 2.93. The lowest BCUT2D eigenvalue weighted by molar-refractivity contribution is -0.136. The van der Waals surface area contributed by atoms with Gasteiger partial charge in [-0.25, -0.2) is 0 Å². The molecule has 5 nitrogen and oxygen atoms in total. The van der Waals surface area contributed by atoms with Crippen LogP contribution in [0, 0.1) is 0 Å². The summed E-state index contributed by atoms with van der Waals surface area (Å²) >= 11 is 5.56. The Hall–Kier alpha value is -2.22. The molecule has 0 aliphatic rings. The Morgan fingerprint density at radius 1 is 1.43 bits per heavy atom. The lowest BCUT2D eigenvalue weighted by atomic mass is 10.1. The van der Waals surface area contributed by atoms with E-state index in [0.717, 1.165) is 12.1 Å². The Morgan fingerprint density at radius 2 is 2.10 bits per heavy atom. The van der Waals surface area contributed by atoms with E-state index in [2.05, 4.69) is 10.4 Å². The minimum Gasteiger partial charge on any atom is -0.396 e. The molecule has 0 saturated heterocycles. The minimum absolute atomic E-state index is 0.0296. The second kappa shape index (κ2) is 5.28. The number of hydrogen-bond donors (Lipinski definition) is 2. The van der Waals surface area contributed by atoms with Gasteiger partial charge in [0.15, 0.2) is 0 Å². The number of nitrogens with two attached hydrogens (primary N) is 1. The number of aromatic nitrogens is 2. The highest BCUT2D eigenvalue weighted by Gasteiger charge is 2.34. The van der Waals surface area contributed by atoms with Crippen LogP contribution < -0.4 is 11.1 Å². The highest BCUT2D eigenvalue weighted by molar-refractivity contribution is 6.30. The van der Waals surface area contributed by atoms with Crippen LogP contribution in [0.5, 0.6) is 0 Å². The second-order valence-electron chi connectivity index (χ2n) is 4.21. The van der Waals surface area contributed by atoms with Gasteiger partial charge in [-0.05, 0) is 18.2 Å². The first-order valence-corrected chi connectivity index (χ1v) is 6.03. The highest BCUT2D eigenvalue weighted by Crippen LogP contribution is 2.36. The molecule has 9 heteroatoms. The van der Waals surface area contributed by atoms with E-state index >= 15 is 0 Å². The third-order valence-corrected chi connectivity index (χ3v) is 2.95. The van der Waals surface area contributed by atoms with Gasteiger partial charge < -0.3 is 11.1 Å². The van der Waals surface area contributed by atoms with Crippen LogP contribution in [0.2, 0.25) is 5.02 Å². The van der Waals surface area contributed by atoms with Crippen molar-refractivity contribution in [2.45, 2.75) is 6.18 Å². The fraction of sp³-hybridized carbons (Fsp3) is 0.167. The molecule has 0 fully saturated rings. The molecule has 0 radical (unpaired) electrons. The van der Waals surface area contributed by atoms with E-state index in [1.54, 1.807) is 0 Å². The molecule has 1 heterocycles. The van der Waals surface area contributed by atoms with Crippen LogP contribution in [-0.2, 0) is 13.2 Å². The zero-order chi connectivity index (χ0) is 15.8. The van der Waals surface area contributed by atoms with Crippen LogP contribution in [0.25, 0.3) is 0 Å². The van der Waals surface area contributed by atoms with Crippen molar-refractivity contribution in [3.05, 3.63) is 40.7 Å². The number of nitrogens with one attached hydrogen (secondary N) is 1. The Morgan fingerprint density at radius 3 is 2.62 bits per heavy atom. The number of amides is 1. The number of aryl methyl sites for hydroxylation is 1. The molecule has 2 aromatic rings. The van der Waals surface area contributed by atoms with E-state index in [4.69, 9.17) is 17.3 Å². The topological polar surface area (TPSA) is 72.9 Å². The van der Waals surface area contributed by atoms with Crippen molar-refractivity contribution < 1.29 is 18.0 Å². The fourth-order valence-electron chi connectivity index (χ4n) is 1.77. The maximum Gasteiger partial charge on any atom is 0.418 e. The average molecular weight is 319 g/mol. The summed E-state index contributed by atoms with van der Waals surface area (Å²) in [7, 11) is 1.46.